The molecule has 0 radical (unpaired) electrons. The molecule has 0 N–H and O–H groups in total. The topological polar surface area (TPSA) is 119 Å². The van der Waals surface area contributed by atoms with Gasteiger partial charge in [0.05, 0.1) is 26.2 Å². The molecule has 0 saturated heterocycles. The summed E-state index contributed by atoms with van der Waals surface area (Å²) < 4.78 is 19.7. The number of fused-ring (bicyclic) bond motifs is 4. The van der Waals surface area contributed by atoms with Gasteiger partial charge < -0.3 is 4.42 Å². The molecular weight excluding hydrogens is 531 g/mol. The van der Waals surface area contributed by atoms with Crippen molar-refractivity contribution in [2.75, 3.05) is 5.01 Å². The molecule has 3 heterocycles. The van der Waals surface area contributed by atoms with E-state index in [1.54, 1.807) is 6.07 Å². The van der Waals surface area contributed by atoms with Crippen molar-refractivity contribution in [3.63, 3.8) is 0 Å². The molecule has 0 aliphatic rings. The normalized spacial score (nSPS) is 11.6. The molecule has 0 aliphatic heterocycles. The maximum absolute atomic E-state index is 13.8. The Hall–Kier alpha value is -4.81. The van der Waals surface area contributed by atoms with Crippen LogP contribution in [-0.2, 0) is 0 Å². The number of anilines is 1. The average Bonchev–Trinajstić information content (AvgIpc) is 3.55. The zero-order valence-electron chi connectivity index (χ0n) is 19.0. The van der Waals surface area contributed by atoms with Gasteiger partial charge in [0.2, 0.25) is 5.13 Å². The van der Waals surface area contributed by atoms with Gasteiger partial charge in [0, 0.05) is 11.5 Å². The molecule has 0 bridgehead atoms. The Balaban J connectivity index is 1.49. The molecule has 1 amide bonds. The maximum Gasteiger partial charge on any atom is 0.349 e. The zero-order valence-corrected chi connectivity index (χ0v) is 20.7. The van der Waals surface area contributed by atoms with Gasteiger partial charge in [-0.3, -0.25) is 14.9 Å². The number of halogens is 1. The summed E-state index contributed by atoms with van der Waals surface area (Å²) in [5, 5.41) is 18.4. The lowest BCUT2D eigenvalue weighted by Crippen LogP contribution is -2.30. The van der Waals surface area contributed by atoms with E-state index < -0.39 is 22.3 Å². The molecular formula is C26H13FN4O5S2. The molecule has 0 spiro atoms. The third kappa shape index (κ3) is 4.21. The van der Waals surface area contributed by atoms with Crippen molar-refractivity contribution in [3.05, 3.63) is 110 Å². The predicted octanol–water partition coefficient (Wildman–Crippen LogP) is 6.35. The first-order chi connectivity index (χ1) is 18.4. The van der Waals surface area contributed by atoms with Gasteiger partial charge in [-0.2, -0.15) is 10.1 Å². The number of hydrogen-bond donors (Lipinski definition) is 0. The maximum atomic E-state index is 13.8. The van der Waals surface area contributed by atoms with Crippen LogP contribution in [0, 0.1) is 15.9 Å². The van der Waals surface area contributed by atoms with Crippen molar-refractivity contribution in [2.24, 2.45) is 5.10 Å². The molecule has 0 unspecified atom stereocenters. The highest BCUT2D eigenvalue weighted by atomic mass is 32.1. The summed E-state index contributed by atoms with van der Waals surface area (Å²) in [4.78, 5) is 42.0. The minimum atomic E-state index is -0.864. The highest BCUT2D eigenvalue weighted by molar-refractivity contribution is 7.22. The van der Waals surface area contributed by atoms with Crippen LogP contribution in [-0.4, -0.2) is 22.0 Å². The Morgan fingerprint density at radius 2 is 1.89 bits per heavy atom. The van der Waals surface area contributed by atoms with Gasteiger partial charge in [0.1, 0.15) is 17.0 Å². The van der Waals surface area contributed by atoms with Crippen LogP contribution in [0.4, 0.5) is 14.5 Å². The van der Waals surface area contributed by atoms with E-state index in [0.717, 1.165) is 38.5 Å². The minimum absolute atomic E-state index is 0.0790. The first-order valence-electron chi connectivity index (χ1n) is 11.0. The van der Waals surface area contributed by atoms with Crippen molar-refractivity contribution < 1.29 is 18.5 Å². The Kier molecular flexibility index (Phi) is 5.74. The molecule has 3 aromatic carbocycles. The van der Waals surface area contributed by atoms with E-state index in [4.69, 9.17) is 4.42 Å². The first kappa shape index (κ1) is 23.6. The van der Waals surface area contributed by atoms with Gasteiger partial charge in [0.15, 0.2) is 0 Å². The number of benzene rings is 3. The third-order valence-corrected chi connectivity index (χ3v) is 7.64. The molecule has 0 saturated carbocycles. The highest BCUT2D eigenvalue weighted by Crippen LogP contribution is 2.32. The molecule has 9 nitrogen and oxygen atoms in total. The first-order valence-corrected chi connectivity index (χ1v) is 12.6. The average molecular weight is 545 g/mol. The summed E-state index contributed by atoms with van der Waals surface area (Å²) in [6, 6.07) is 19.2. The Morgan fingerprint density at radius 1 is 1.05 bits per heavy atom. The number of hydrazone groups is 1. The van der Waals surface area contributed by atoms with E-state index in [1.807, 2.05) is 30.3 Å². The standard InChI is InChI=1S/C26H13FN4O5S2/c27-15-6-8-20-22(11-15)38-26(29-20)30(28-13-16-7-10-23(37-16)31(34)35)24(32)19-12-18-17-4-2-1-3-14(17)5-9-21(18)36-25(19)33/h1-13H/b28-13+. The van der Waals surface area contributed by atoms with Gasteiger partial charge in [-0.1, -0.05) is 53.0 Å². The number of thiazole rings is 1. The number of nitro groups is 1. The smallest absolute Gasteiger partial charge is 0.349 e. The van der Waals surface area contributed by atoms with Gasteiger partial charge in [-0.15, -0.1) is 0 Å². The fourth-order valence-corrected chi connectivity index (χ4v) is 5.56. The summed E-state index contributed by atoms with van der Waals surface area (Å²) in [5.74, 6) is -1.29. The Morgan fingerprint density at radius 3 is 2.71 bits per heavy atom. The van der Waals surface area contributed by atoms with Crippen molar-refractivity contribution in [1.29, 1.82) is 0 Å². The molecule has 12 heteroatoms. The SMILES string of the molecule is O=C(c1cc2c(ccc3ccccc32)oc1=O)N(/N=C/c1ccc([N+](=O)[O-])s1)c1nc2ccc(F)cc2s1. The number of amides is 1. The van der Waals surface area contributed by atoms with E-state index in [9.17, 15) is 24.1 Å². The molecule has 0 fully saturated rings. The summed E-state index contributed by atoms with van der Waals surface area (Å²) in [6.07, 6.45) is 1.26. The summed E-state index contributed by atoms with van der Waals surface area (Å²) in [7, 11) is 0. The summed E-state index contributed by atoms with van der Waals surface area (Å²) in [5.41, 5.74) is -0.394. The van der Waals surface area contributed by atoms with Gasteiger partial charge in [-0.05, 0) is 47.2 Å². The number of carbonyl (C=O) groups is 1. The highest BCUT2D eigenvalue weighted by Gasteiger charge is 2.25. The fraction of sp³-hybridized carbons (Fsp3) is 0. The van der Waals surface area contributed by atoms with Crippen molar-refractivity contribution >= 4 is 76.9 Å². The summed E-state index contributed by atoms with van der Waals surface area (Å²) >= 11 is 1.87. The van der Waals surface area contributed by atoms with Gasteiger partial charge in [0.25, 0.3) is 5.91 Å². The second kappa shape index (κ2) is 9.25. The molecule has 0 atom stereocenters. The molecule has 0 aliphatic carbocycles. The van der Waals surface area contributed by atoms with Crippen LogP contribution < -0.4 is 10.6 Å². The van der Waals surface area contributed by atoms with Crippen LogP contribution in [0.15, 0.2) is 87.1 Å². The van der Waals surface area contributed by atoms with E-state index >= 15 is 0 Å². The number of thiophene rings is 1. The lowest BCUT2D eigenvalue weighted by molar-refractivity contribution is -0.380. The largest absolute Gasteiger partial charge is 0.422 e. The van der Waals surface area contributed by atoms with Gasteiger partial charge in [-0.25, -0.2) is 14.2 Å². The molecule has 3 aromatic heterocycles. The summed E-state index contributed by atoms with van der Waals surface area (Å²) in [6.45, 7) is 0. The van der Waals surface area contributed by atoms with Crippen LogP contribution >= 0.6 is 22.7 Å². The lowest BCUT2D eigenvalue weighted by Gasteiger charge is -2.13. The Bertz CT molecular complexity index is 1990. The quantitative estimate of drug-likeness (QED) is 0.0821. The minimum Gasteiger partial charge on any atom is -0.422 e. The number of rotatable bonds is 5. The van der Waals surface area contributed by atoms with E-state index in [2.05, 4.69) is 10.1 Å². The predicted molar refractivity (Wildman–Crippen MR) is 145 cm³/mol. The van der Waals surface area contributed by atoms with Crippen LogP contribution in [0.25, 0.3) is 32.0 Å². The van der Waals surface area contributed by atoms with Crippen LogP contribution in [0.5, 0.6) is 0 Å². The van der Waals surface area contributed by atoms with Crippen LogP contribution in [0.1, 0.15) is 15.2 Å². The Labute approximate surface area is 219 Å². The van der Waals surface area contributed by atoms with E-state index in [1.165, 1.54) is 42.6 Å². The number of carbonyl (C=O) groups excluding carboxylic acids is 1. The van der Waals surface area contributed by atoms with Crippen molar-refractivity contribution in [1.82, 2.24) is 4.98 Å². The molecule has 6 rings (SSSR count). The van der Waals surface area contributed by atoms with E-state index in [0.29, 0.717) is 26.1 Å². The number of hydrogen-bond acceptors (Lipinski definition) is 9. The van der Waals surface area contributed by atoms with Crippen molar-refractivity contribution in [2.45, 2.75) is 0 Å². The lowest BCUT2D eigenvalue weighted by atomic mass is 10.0. The molecule has 186 valence electrons. The second-order valence-electron chi connectivity index (χ2n) is 8.05. The van der Waals surface area contributed by atoms with Crippen LogP contribution in [0.3, 0.4) is 0 Å². The zero-order chi connectivity index (χ0) is 26.4. The second-order valence-corrected chi connectivity index (χ2v) is 10.2. The molecule has 38 heavy (non-hydrogen) atoms. The van der Waals surface area contributed by atoms with Crippen LogP contribution in [0.2, 0.25) is 0 Å². The fourth-order valence-electron chi connectivity index (χ4n) is 3.92. The third-order valence-electron chi connectivity index (χ3n) is 5.68. The number of nitrogens with zero attached hydrogens (tertiary/aromatic N) is 4. The van der Waals surface area contributed by atoms with Gasteiger partial charge >= 0.3 is 10.6 Å². The molecule has 6 aromatic rings. The van der Waals surface area contributed by atoms with E-state index in [-0.39, 0.29) is 15.7 Å². The number of aromatic nitrogens is 1. The van der Waals surface area contributed by atoms with Crippen molar-refractivity contribution in [3.8, 4) is 0 Å². The monoisotopic (exact) mass is 544 g/mol.